The first kappa shape index (κ1) is 18.7. The van der Waals surface area contributed by atoms with Crippen molar-refractivity contribution in [1.29, 1.82) is 0 Å². The minimum atomic E-state index is -0.0775. The van der Waals surface area contributed by atoms with Gasteiger partial charge in [-0.3, -0.25) is 4.79 Å². The summed E-state index contributed by atoms with van der Waals surface area (Å²) in [7, 11) is 9.46. The standard InChI is InChI=1S/C14H22N4O.HI/c1-15-13(19)12-8-6-7-11(9-12)10-16-14(17(2)3)18(4)5;/h6-9H,10H2,1-5H3,(H,15,19);1H. The second-order valence-electron chi connectivity index (χ2n) is 4.68. The van der Waals surface area contributed by atoms with Crippen LogP contribution >= 0.6 is 24.0 Å². The molecule has 1 aromatic carbocycles. The Morgan fingerprint density at radius 2 is 1.80 bits per heavy atom. The zero-order chi connectivity index (χ0) is 14.4. The van der Waals surface area contributed by atoms with Crippen molar-refractivity contribution in [2.45, 2.75) is 6.54 Å². The third-order valence-corrected chi connectivity index (χ3v) is 2.62. The van der Waals surface area contributed by atoms with Gasteiger partial charge in [0.1, 0.15) is 0 Å². The average Bonchev–Trinajstić information content (AvgIpc) is 2.37. The summed E-state index contributed by atoms with van der Waals surface area (Å²) in [5.41, 5.74) is 1.67. The van der Waals surface area contributed by atoms with E-state index < -0.39 is 0 Å². The van der Waals surface area contributed by atoms with Crippen LogP contribution in [0.3, 0.4) is 0 Å². The molecule has 1 rings (SSSR count). The first-order chi connectivity index (χ1) is 8.95. The molecule has 0 unspecified atom stereocenters. The quantitative estimate of drug-likeness (QED) is 0.485. The van der Waals surface area contributed by atoms with Crippen molar-refractivity contribution in [3.05, 3.63) is 35.4 Å². The van der Waals surface area contributed by atoms with Crippen LogP contribution in [0, 0.1) is 0 Å². The molecule has 0 saturated heterocycles. The van der Waals surface area contributed by atoms with Gasteiger partial charge in [-0.15, -0.1) is 24.0 Å². The fourth-order valence-electron chi connectivity index (χ4n) is 1.80. The van der Waals surface area contributed by atoms with Crippen molar-refractivity contribution in [2.24, 2.45) is 4.99 Å². The highest BCUT2D eigenvalue weighted by Crippen LogP contribution is 2.07. The summed E-state index contributed by atoms with van der Waals surface area (Å²) >= 11 is 0. The van der Waals surface area contributed by atoms with Crippen molar-refractivity contribution in [3.8, 4) is 0 Å². The minimum absolute atomic E-state index is 0. The predicted molar refractivity (Wildman–Crippen MR) is 93.8 cm³/mol. The number of amides is 1. The Bertz CT molecular complexity index is 462. The number of nitrogens with one attached hydrogen (secondary N) is 1. The van der Waals surface area contributed by atoms with Gasteiger partial charge in [-0.2, -0.15) is 0 Å². The van der Waals surface area contributed by atoms with E-state index in [4.69, 9.17) is 0 Å². The van der Waals surface area contributed by atoms with Crippen LogP contribution in [-0.4, -0.2) is 56.9 Å². The third kappa shape index (κ3) is 5.36. The number of hydrogen-bond acceptors (Lipinski definition) is 2. The fraction of sp³-hybridized carbons (Fsp3) is 0.429. The van der Waals surface area contributed by atoms with E-state index in [2.05, 4.69) is 10.3 Å². The Morgan fingerprint density at radius 3 is 2.30 bits per heavy atom. The largest absolute Gasteiger partial charge is 0.355 e. The summed E-state index contributed by atoms with van der Waals surface area (Å²) < 4.78 is 0. The molecule has 112 valence electrons. The van der Waals surface area contributed by atoms with Crippen LogP contribution in [0.1, 0.15) is 15.9 Å². The molecule has 5 nitrogen and oxygen atoms in total. The molecule has 0 spiro atoms. The molecule has 0 aliphatic heterocycles. The summed E-state index contributed by atoms with van der Waals surface area (Å²) in [4.78, 5) is 20.0. The number of benzene rings is 1. The van der Waals surface area contributed by atoms with Crippen LogP contribution in [0.4, 0.5) is 0 Å². The van der Waals surface area contributed by atoms with Gasteiger partial charge in [0.15, 0.2) is 5.96 Å². The topological polar surface area (TPSA) is 47.9 Å². The van der Waals surface area contributed by atoms with E-state index >= 15 is 0 Å². The third-order valence-electron chi connectivity index (χ3n) is 2.62. The van der Waals surface area contributed by atoms with Crippen molar-refractivity contribution >= 4 is 35.8 Å². The molecule has 0 fully saturated rings. The van der Waals surface area contributed by atoms with Crippen LogP contribution < -0.4 is 5.32 Å². The van der Waals surface area contributed by atoms with Gasteiger partial charge in [-0.05, 0) is 17.7 Å². The molecule has 0 heterocycles. The molecule has 1 aromatic rings. The number of carbonyl (C=O) groups is 1. The summed E-state index contributed by atoms with van der Waals surface area (Å²) in [5.74, 6) is 0.816. The fourth-order valence-corrected chi connectivity index (χ4v) is 1.80. The molecule has 0 aliphatic rings. The maximum atomic E-state index is 11.6. The normalized spacial score (nSPS) is 9.25. The second kappa shape index (κ2) is 8.78. The van der Waals surface area contributed by atoms with Crippen LogP contribution in [-0.2, 0) is 6.54 Å². The van der Waals surface area contributed by atoms with Crippen molar-refractivity contribution in [1.82, 2.24) is 15.1 Å². The van der Waals surface area contributed by atoms with Gasteiger partial charge in [0.25, 0.3) is 5.91 Å². The van der Waals surface area contributed by atoms with E-state index in [0.717, 1.165) is 11.5 Å². The number of rotatable bonds is 3. The van der Waals surface area contributed by atoms with Crippen LogP contribution in [0.25, 0.3) is 0 Å². The number of halogens is 1. The summed E-state index contributed by atoms with van der Waals surface area (Å²) in [6.07, 6.45) is 0. The lowest BCUT2D eigenvalue weighted by atomic mass is 10.1. The first-order valence-electron chi connectivity index (χ1n) is 6.15. The SMILES string of the molecule is CNC(=O)c1cccc(CN=C(N(C)C)N(C)C)c1.I. The molecule has 20 heavy (non-hydrogen) atoms. The van der Waals surface area contributed by atoms with Crippen molar-refractivity contribution in [3.63, 3.8) is 0 Å². The highest BCUT2D eigenvalue weighted by atomic mass is 127. The number of nitrogens with zero attached hydrogens (tertiary/aromatic N) is 3. The molecule has 1 amide bonds. The Labute approximate surface area is 138 Å². The maximum Gasteiger partial charge on any atom is 0.251 e. The Hall–Kier alpha value is -1.31. The molecular formula is C14H23IN4O. The maximum absolute atomic E-state index is 11.6. The summed E-state index contributed by atoms with van der Waals surface area (Å²) in [6, 6.07) is 7.51. The molecular weight excluding hydrogens is 367 g/mol. The summed E-state index contributed by atoms with van der Waals surface area (Å²) in [5, 5.41) is 2.62. The molecule has 0 bridgehead atoms. The van der Waals surface area contributed by atoms with Gasteiger partial charge < -0.3 is 15.1 Å². The van der Waals surface area contributed by atoms with Crippen LogP contribution in [0.15, 0.2) is 29.3 Å². The van der Waals surface area contributed by atoms with Crippen molar-refractivity contribution in [2.75, 3.05) is 35.2 Å². The first-order valence-corrected chi connectivity index (χ1v) is 6.15. The van der Waals surface area contributed by atoms with E-state index in [1.807, 2.05) is 56.2 Å². The minimum Gasteiger partial charge on any atom is -0.355 e. The monoisotopic (exact) mass is 390 g/mol. The smallest absolute Gasteiger partial charge is 0.251 e. The van der Waals surface area contributed by atoms with E-state index in [0.29, 0.717) is 12.1 Å². The molecule has 6 heteroatoms. The Kier molecular flexibility index (Phi) is 8.21. The lowest BCUT2D eigenvalue weighted by Crippen LogP contribution is -2.35. The Balaban J connectivity index is 0.00000361. The number of aliphatic imine (C=N–C) groups is 1. The van der Waals surface area contributed by atoms with Crippen LogP contribution in [0.2, 0.25) is 0 Å². The highest BCUT2D eigenvalue weighted by Gasteiger charge is 2.06. The number of carbonyl (C=O) groups excluding carboxylic acids is 1. The zero-order valence-electron chi connectivity index (χ0n) is 12.7. The number of hydrogen-bond donors (Lipinski definition) is 1. The molecule has 0 aliphatic carbocycles. The lowest BCUT2D eigenvalue weighted by molar-refractivity contribution is 0.0963. The molecule has 0 saturated carbocycles. The van der Waals surface area contributed by atoms with Gasteiger partial charge in [0, 0.05) is 40.8 Å². The van der Waals surface area contributed by atoms with E-state index in [9.17, 15) is 4.79 Å². The second-order valence-corrected chi connectivity index (χ2v) is 4.68. The van der Waals surface area contributed by atoms with Gasteiger partial charge in [-0.25, -0.2) is 4.99 Å². The van der Waals surface area contributed by atoms with E-state index in [-0.39, 0.29) is 29.9 Å². The van der Waals surface area contributed by atoms with E-state index in [1.165, 1.54) is 0 Å². The van der Waals surface area contributed by atoms with Crippen LogP contribution in [0.5, 0.6) is 0 Å². The molecule has 0 atom stereocenters. The highest BCUT2D eigenvalue weighted by molar-refractivity contribution is 14.0. The predicted octanol–water partition coefficient (Wildman–Crippen LogP) is 1.64. The van der Waals surface area contributed by atoms with E-state index in [1.54, 1.807) is 13.1 Å². The van der Waals surface area contributed by atoms with Crippen molar-refractivity contribution < 1.29 is 4.79 Å². The molecule has 1 N–H and O–H groups in total. The zero-order valence-corrected chi connectivity index (χ0v) is 15.0. The molecule has 0 radical (unpaired) electrons. The average molecular weight is 390 g/mol. The molecule has 0 aromatic heterocycles. The van der Waals surface area contributed by atoms with Gasteiger partial charge in [0.05, 0.1) is 6.54 Å². The van der Waals surface area contributed by atoms with Gasteiger partial charge >= 0.3 is 0 Å². The lowest BCUT2D eigenvalue weighted by Gasteiger charge is -2.22. The number of guanidine groups is 1. The van der Waals surface area contributed by atoms with Gasteiger partial charge in [-0.1, -0.05) is 12.1 Å². The summed E-state index contributed by atoms with van der Waals surface area (Å²) in [6.45, 7) is 0.552. The van der Waals surface area contributed by atoms with Gasteiger partial charge in [0.2, 0.25) is 0 Å². The Morgan fingerprint density at radius 1 is 1.20 bits per heavy atom.